The minimum absolute atomic E-state index is 0.0628. The van der Waals surface area contributed by atoms with Crippen molar-refractivity contribution in [1.29, 1.82) is 0 Å². The van der Waals surface area contributed by atoms with Crippen LogP contribution in [0.3, 0.4) is 0 Å². The molecule has 4 rings (SSSR count). The number of nitrogens with zero attached hydrogens (tertiary/aromatic N) is 2. The van der Waals surface area contributed by atoms with Gasteiger partial charge in [-0.25, -0.2) is 8.42 Å². The summed E-state index contributed by atoms with van der Waals surface area (Å²) < 4.78 is 32.6. The molecule has 3 heterocycles. The van der Waals surface area contributed by atoms with Crippen LogP contribution in [0.4, 0.5) is 5.69 Å². The van der Waals surface area contributed by atoms with Crippen molar-refractivity contribution in [2.45, 2.75) is 31.2 Å². The lowest BCUT2D eigenvalue weighted by Crippen LogP contribution is -2.41. The number of rotatable bonds is 6. The van der Waals surface area contributed by atoms with E-state index in [-0.39, 0.29) is 9.77 Å². The molecule has 1 amide bonds. The number of hydrogen-bond donors (Lipinski definition) is 1. The van der Waals surface area contributed by atoms with Gasteiger partial charge in [0.15, 0.2) is 0 Å². The lowest BCUT2D eigenvalue weighted by atomic mass is 9.99. The number of benzene rings is 1. The van der Waals surface area contributed by atoms with Gasteiger partial charge in [0.05, 0.1) is 13.2 Å². The fourth-order valence-electron chi connectivity index (χ4n) is 3.95. The third kappa shape index (κ3) is 5.35. The molecule has 0 unspecified atom stereocenters. The average Bonchev–Trinajstić information content (AvgIpc) is 3.28. The number of ether oxygens (including phenoxy) is 1. The molecule has 31 heavy (non-hydrogen) atoms. The van der Waals surface area contributed by atoms with Crippen LogP contribution in [0.15, 0.2) is 40.6 Å². The first-order chi connectivity index (χ1) is 14.9. The van der Waals surface area contributed by atoms with Crippen LogP contribution in [0.5, 0.6) is 0 Å². The number of sulfonamides is 1. The number of piperidine rings is 1. The van der Waals surface area contributed by atoms with E-state index in [0.29, 0.717) is 32.0 Å². The molecule has 7 nitrogen and oxygen atoms in total. The molecule has 0 bridgehead atoms. The third-order valence-electron chi connectivity index (χ3n) is 5.92. The summed E-state index contributed by atoms with van der Waals surface area (Å²) in [7, 11) is -3.72. The second-order valence-corrected chi connectivity index (χ2v) is 11.1. The highest BCUT2D eigenvalue weighted by Gasteiger charge is 2.31. The fourth-order valence-corrected chi connectivity index (χ4v) is 6.66. The van der Waals surface area contributed by atoms with Crippen LogP contribution in [0.25, 0.3) is 0 Å². The highest BCUT2D eigenvalue weighted by Crippen LogP contribution is 2.27. The highest BCUT2D eigenvalue weighted by molar-refractivity contribution is 7.89. The molecule has 0 spiro atoms. The maximum atomic E-state index is 13.0. The summed E-state index contributed by atoms with van der Waals surface area (Å²) in [5.74, 6) is 0.405. The lowest BCUT2D eigenvalue weighted by molar-refractivity contribution is 0.0730. The van der Waals surface area contributed by atoms with Crippen LogP contribution in [0, 0.1) is 5.92 Å². The quantitative estimate of drug-likeness (QED) is 0.712. The number of nitrogens with one attached hydrogen (secondary N) is 1. The van der Waals surface area contributed by atoms with E-state index in [9.17, 15) is 13.2 Å². The Morgan fingerprint density at radius 3 is 2.45 bits per heavy atom. The van der Waals surface area contributed by atoms with Crippen molar-refractivity contribution in [2.75, 3.05) is 44.7 Å². The minimum Gasteiger partial charge on any atom is -0.379 e. The van der Waals surface area contributed by atoms with Gasteiger partial charge in [-0.05, 0) is 61.0 Å². The molecule has 1 N–H and O–H groups in total. The van der Waals surface area contributed by atoms with E-state index < -0.39 is 15.9 Å². The predicted octanol–water partition coefficient (Wildman–Crippen LogP) is 3.25. The van der Waals surface area contributed by atoms with Crippen LogP contribution in [-0.4, -0.2) is 62.9 Å². The van der Waals surface area contributed by atoms with Gasteiger partial charge in [0.1, 0.15) is 9.77 Å². The summed E-state index contributed by atoms with van der Waals surface area (Å²) in [4.78, 5) is 15.6. The maximum absolute atomic E-state index is 13.0. The molecule has 2 aromatic rings. The van der Waals surface area contributed by atoms with E-state index in [2.05, 4.69) is 17.1 Å². The number of likely N-dealkylation sites (tertiary alicyclic amines) is 1. The van der Waals surface area contributed by atoms with Gasteiger partial charge in [-0.2, -0.15) is 4.31 Å². The van der Waals surface area contributed by atoms with Crippen molar-refractivity contribution in [3.63, 3.8) is 0 Å². The van der Waals surface area contributed by atoms with Crippen molar-refractivity contribution in [3.05, 3.63) is 46.2 Å². The number of morpholine rings is 1. The minimum atomic E-state index is -3.72. The Labute approximate surface area is 188 Å². The summed E-state index contributed by atoms with van der Waals surface area (Å²) in [6.07, 6.45) is 2.48. The Kier molecular flexibility index (Phi) is 7.08. The van der Waals surface area contributed by atoms with E-state index in [1.165, 1.54) is 28.8 Å². The molecule has 0 atom stereocenters. The molecule has 2 aliphatic heterocycles. The van der Waals surface area contributed by atoms with E-state index >= 15 is 0 Å². The van der Waals surface area contributed by atoms with E-state index in [1.54, 1.807) is 5.38 Å². The molecule has 0 radical (unpaired) electrons. The van der Waals surface area contributed by atoms with Crippen LogP contribution in [-0.2, 0) is 21.3 Å². The van der Waals surface area contributed by atoms with Crippen LogP contribution in [0.1, 0.15) is 35.0 Å². The third-order valence-corrected chi connectivity index (χ3v) is 8.90. The fraction of sp³-hybridized carbons (Fsp3) is 0.500. The molecule has 1 aromatic carbocycles. The van der Waals surface area contributed by atoms with Gasteiger partial charge in [-0.3, -0.25) is 9.69 Å². The molecule has 2 saturated heterocycles. The maximum Gasteiger partial charge on any atom is 0.267 e. The Bertz CT molecular complexity index is 990. The Morgan fingerprint density at radius 1 is 1.10 bits per heavy atom. The van der Waals surface area contributed by atoms with Gasteiger partial charge < -0.3 is 10.1 Å². The molecule has 2 fully saturated rings. The molecule has 1 aromatic heterocycles. The summed E-state index contributed by atoms with van der Waals surface area (Å²) in [6, 6.07) is 9.31. The Morgan fingerprint density at radius 2 is 1.77 bits per heavy atom. The second kappa shape index (κ2) is 9.79. The average molecular weight is 464 g/mol. The largest absolute Gasteiger partial charge is 0.379 e. The van der Waals surface area contributed by atoms with Crippen molar-refractivity contribution in [1.82, 2.24) is 9.21 Å². The van der Waals surface area contributed by atoms with E-state index in [1.807, 2.05) is 24.3 Å². The second-order valence-electron chi connectivity index (χ2n) is 8.24. The van der Waals surface area contributed by atoms with Gasteiger partial charge in [-0.15, -0.1) is 11.3 Å². The van der Waals surface area contributed by atoms with Crippen molar-refractivity contribution in [2.24, 2.45) is 5.92 Å². The summed E-state index contributed by atoms with van der Waals surface area (Å²) in [5.41, 5.74) is 1.86. The van der Waals surface area contributed by atoms with Gasteiger partial charge in [0.2, 0.25) is 10.0 Å². The van der Waals surface area contributed by atoms with Crippen LogP contribution >= 0.6 is 11.3 Å². The Hall–Kier alpha value is -1.78. The lowest BCUT2D eigenvalue weighted by Gasteiger charge is -2.30. The molecule has 2 aliphatic rings. The van der Waals surface area contributed by atoms with E-state index in [0.717, 1.165) is 36.9 Å². The van der Waals surface area contributed by atoms with Crippen molar-refractivity contribution >= 4 is 33.0 Å². The highest BCUT2D eigenvalue weighted by atomic mass is 32.2. The topological polar surface area (TPSA) is 79.0 Å². The zero-order chi connectivity index (χ0) is 21.8. The van der Waals surface area contributed by atoms with Gasteiger partial charge in [0, 0.05) is 25.3 Å². The van der Waals surface area contributed by atoms with Crippen LogP contribution < -0.4 is 5.32 Å². The van der Waals surface area contributed by atoms with Crippen molar-refractivity contribution < 1.29 is 17.9 Å². The first kappa shape index (κ1) is 22.4. The molecular formula is C22H29N3O4S2. The molecule has 0 saturated carbocycles. The molecule has 9 heteroatoms. The van der Waals surface area contributed by atoms with E-state index in [4.69, 9.17) is 4.74 Å². The predicted molar refractivity (Wildman–Crippen MR) is 122 cm³/mol. The number of carbonyl (C=O) groups excluding carboxylic acids is 1. The zero-order valence-corrected chi connectivity index (χ0v) is 19.4. The smallest absolute Gasteiger partial charge is 0.267 e. The number of anilines is 1. The monoisotopic (exact) mass is 463 g/mol. The molecule has 0 aliphatic carbocycles. The summed E-state index contributed by atoms with van der Waals surface area (Å²) in [6.45, 7) is 6.80. The SMILES string of the molecule is CC1CCN(Cc2ccc(NC(=O)c3sccc3S(=O)(=O)N3CCOCC3)cc2)CC1. The summed E-state index contributed by atoms with van der Waals surface area (Å²) in [5, 5.41) is 4.49. The normalized spacial score (nSPS) is 19.4. The number of hydrogen-bond acceptors (Lipinski definition) is 6. The number of amides is 1. The first-order valence-electron chi connectivity index (χ1n) is 10.7. The zero-order valence-electron chi connectivity index (χ0n) is 17.7. The summed E-state index contributed by atoms with van der Waals surface area (Å²) >= 11 is 1.14. The molecule has 168 valence electrons. The van der Waals surface area contributed by atoms with Gasteiger partial charge in [-0.1, -0.05) is 19.1 Å². The molecular weight excluding hydrogens is 434 g/mol. The first-order valence-corrected chi connectivity index (χ1v) is 13.0. The van der Waals surface area contributed by atoms with Crippen molar-refractivity contribution in [3.8, 4) is 0 Å². The Balaban J connectivity index is 1.40. The van der Waals surface area contributed by atoms with Gasteiger partial charge >= 0.3 is 0 Å². The van der Waals surface area contributed by atoms with Gasteiger partial charge in [0.25, 0.3) is 5.91 Å². The van der Waals surface area contributed by atoms with Crippen LogP contribution in [0.2, 0.25) is 0 Å². The number of thiophene rings is 1. The number of carbonyl (C=O) groups is 1. The standard InChI is InChI=1S/C22H29N3O4S2/c1-17-6-9-24(10-7-17)16-18-2-4-19(5-3-18)23-22(26)21-20(8-15-30-21)31(27,28)25-11-13-29-14-12-25/h2-5,8,15,17H,6-7,9-14,16H2,1H3,(H,23,26).